The molecule has 0 aliphatic carbocycles. The zero-order valence-electron chi connectivity index (χ0n) is 19.9. The molecule has 2 aromatic rings. The maximum absolute atomic E-state index is 13.2. The van der Waals surface area contributed by atoms with Crippen LogP contribution >= 0.6 is 0 Å². The van der Waals surface area contributed by atoms with E-state index in [1.165, 1.54) is 0 Å². The summed E-state index contributed by atoms with van der Waals surface area (Å²) in [7, 11) is 1.56. The minimum absolute atomic E-state index is 0.0836. The van der Waals surface area contributed by atoms with Gasteiger partial charge >= 0.3 is 0 Å². The highest BCUT2D eigenvalue weighted by atomic mass is 16.5. The molecule has 1 amide bonds. The molecule has 1 atom stereocenters. The second-order valence-corrected chi connectivity index (χ2v) is 8.48. The third kappa shape index (κ3) is 5.39. The smallest absolute Gasteiger partial charge is 0.295 e. The van der Waals surface area contributed by atoms with E-state index in [9.17, 15) is 14.7 Å². The molecule has 184 valence electrons. The Balaban J connectivity index is 1.70. The highest BCUT2D eigenvalue weighted by molar-refractivity contribution is 6.46. The number of ketones is 1. The number of hydrogen-bond acceptors (Lipinski definition) is 7. The molecule has 2 heterocycles. The average molecular weight is 478 g/mol. The number of ether oxygens (including phenoxy) is 2. The zero-order valence-corrected chi connectivity index (χ0v) is 19.9. The van der Waals surface area contributed by atoms with Gasteiger partial charge < -0.3 is 24.8 Å². The van der Waals surface area contributed by atoms with Crippen molar-refractivity contribution in [1.29, 1.82) is 0 Å². The lowest BCUT2D eigenvalue weighted by Crippen LogP contribution is -2.46. The average Bonchev–Trinajstić information content (AvgIpc) is 3.16. The van der Waals surface area contributed by atoms with Crippen molar-refractivity contribution in [3.63, 3.8) is 0 Å². The third-order valence-corrected chi connectivity index (χ3v) is 6.33. The quantitative estimate of drug-likeness (QED) is 0.248. The van der Waals surface area contributed by atoms with Crippen molar-refractivity contribution in [3.8, 4) is 11.5 Å². The summed E-state index contributed by atoms with van der Waals surface area (Å²) in [5, 5.41) is 14.5. The van der Waals surface area contributed by atoms with Crippen LogP contribution in [-0.2, 0) is 9.59 Å². The number of benzene rings is 2. The summed E-state index contributed by atoms with van der Waals surface area (Å²) in [4.78, 5) is 30.2. The summed E-state index contributed by atoms with van der Waals surface area (Å²) < 4.78 is 10.8. The number of piperazine rings is 1. The van der Waals surface area contributed by atoms with Gasteiger partial charge in [0.2, 0.25) is 0 Å². The molecule has 0 saturated carbocycles. The van der Waals surface area contributed by atoms with Crippen LogP contribution in [0, 0.1) is 0 Å². The highest BCUT2D eigenvalue weighted by Crippen LogP contribution is 2.39. The number of methoxy groups -OCH3 is 1. The van der Waals surface area contributed by atoms with Gasteiger partial charge in [-0.15, -0.1) is 0 Å². The van der Waals surface area contributed by atoms with Crippen LogP contribution in [0.2, 0.25) is 0 Å². The minimum atomic E-state index is -0.700. The van der Waals surface area contributed by atoms with E-state index < -0.39 is 17.7 Å². The molecule has 2 saturated heterocycles. The zero-order chi connectivity index (χ0) is 24.8. The number of carbonyl (C=O) groups is 2. The second-order valence-electron chi connectivity index (χ2n) is 8.48. The molecule has 0 spiro atoms. The van der Waals surface area contributed by atoms with Gasteiger partial charge in [-0.3, -0.25) is 14.5 Å². The van der Waals surface area contributed by atoms with Gasteiger partial charge in [0.25, 0.3) is 11.7 Å². The van der Waals surface area contributed by atoms with Gasteiger partial charge in [-0.05, 0) is 42.0 Å². The van der Waals surface area contributed by atoms with E-state index in [1.807, 2.05) is 12.1 Å². The molecule has 8 nitrogen and oxygen atoms in total. The largest absolute Gasteiger partial charge is 0.507 e. The van der Waals surface area contributed by atoms with Gasteiger partial charge in [0.05, 0.1) is 18.7 Å². The minimum Gasteiger partial charge on any atom is -0.507 e. The molecular weight excluding hydrogens is 446 g/mol. The molecule has 0 bridgehead atoms. The number of likely N-dealkylation sites (tertiary alicyclic amines) is 1. The number of amides is 1. The fourth-order valence-corrected chi connectivity index (χ4v) is 4.45. The van der Waals surface area contributed by atoms with Crippen molar-refractivity contribution < 1.29 is 24.2 Å². The lowest BCUT2D eigenvalue weighted by atomic mass is 9.95. The van der Waals surface area contributed by atoms with Crippen LogP contribution in [0.5, 0.6) is 11.5 Å². The maximum Gasteiger partial charge on any atom is 0.295 e. The summed E-state index contributed by atoms with van der Waals surface area (Å²) in [5.41, 5.74) is 1.26. The monoisotopic (exact) mass is 477 g/mol. The molecule has 2 aromatic carbocycles. The van der Waals surface area contributed by atoms with E-state index >= 15 is 0 Å². The lowest BCUT2D eigenvalue weighted by molar-refractivity contribution is -0.140. The number of rotatable bonds is 9. The first kappa shape index (κ1) is 24.5. The van der Waals surface area contributed by atoms with E-state index in [4.69, 9.17) is 9.47 Å². The molecule has 2 aliphatic rings. The van der Waals surface area contributed by atoms with Crippen molar-refractivity contribution in [3.05, 3.63) is 77.9 Å². The van der Waals surface area contributed by atoms with Gasteiger partial charge in [0, 0.05) is 44.8 Å². The van der Waals surface area contributed by atoms with Crippen LogP contribution in [0.4, 0.5) is 0 Å². The van der Waals surface area contributed by atoms with E-state index in [0.29, 0.717) is 36.8 Å². The molecule has 0 aromatic heterocycles. The van der Waals surface area contributed by atoms with Gasteiger partial charge in [-0.2, -0.15) is 0 Å². The van der Waals surface area contributed by atoms with Crippen LogP contribution in [-0.4, -0.2) is 79.6 Å². The summed E-state index contributed by atoms with van der Waals surface area (Å²) in [6.45, 7) is 8.61. The first-order valence-corrected chi connectivity index (χ1v) is 11.7. The number of nitrogens with zero attached hydrogens (tertiary/aromatic N) is 2. The topological polar surface area (TPSA) is 91.3 Å². The normalized spacial score (nSPS) is 20.1. The van der Waals surface area contributed by atoms with Gasteiger partial charge in [-0.1, -0.05) is 24.8 Å². The summed E-state index contributed by atoms with van der Waals surface area (Å²) in [5.74, 6) is -0.207. The van der Waals surface area contributed by atoms with E-state index in [1.54, 1.807) is 54.5 Å². The fraction of sp³-hybridized carbons (Fsp3) is 0.333. The standard InChI is InChI=1S/C27H31N3O5/c1-3-18-35-22-10-4-19(5-11-22)24-23(25(31)20-6-8-21(34-2)9-7-20)26(32)27(33)30(24)17-16-29-14-12-28-13-15-29/h3-11,24,28,31H,1,12-18H2,2H3/t24-/m0/s1. The first-order valence-electron chi connectivity index (χ1n) is 11.7. The van der Waals surface area contributed by atoms with Crippen molar-refractivity contribution in [2.75, 3.05) is 53.0 Å². The second kappa shape index (κ2) is 11.2. The van der Waals surface area contributed by atoms with Crippen LogP contribution < -0.4 is 14.8 Å². The van der Waals surface area contributed by atoms with Crippen molar-refractivity contribution in [2.24, 2.45) is 0 Å². The van der Waals surface area contributed by atoms with Gasteiger partial charge in [-0.25, -0.2) is 0 Å². The van der Waals surface area contributed by atoms with Crippen molar-refractivity contribution >= 4 is 17.4 Å². The van der Waals surface area contributed by atoms with Gasteiger partial charge in [0.1, 0.15) is 23.9 Å². The number of nitrogens with one attached hydrogen (secondary N) is 1. The lowest BCUT2D eigenvalue weighted by Gasteiger charge is -2.31. The van der Waals surface area contributed by atoms with E-state index in [2.05, 4.69) is 16.8 Å². The number of aliphatic hydroxyl groups is 1. The Kier molecular flexibility index (Phi) is 7.84. The van der Waals surface area contributed by atoms with Crippen LogP contribution in [0.25, 0.3) is 5.76 Å². The summed E-state index contributed by atoms with van der Waals surface area (Å²) in [6, 6.07) is 13.3. The fourth-order valence-electron chi connectivity index (χ4n) is 4.45. The molecule has 0 unspecified atom stereocenters. The summed E-state index contributed by atoms with van der Waals surface area (Å²) >= 11 is 0. The Hall–Kier alpha value is -3.62. The molecule has 2 fully saturated rings. The van der Waals surface area contributed by atoms with E-state index in [0.717, 1.165) is 31.7 Å². The molecule has 4 rings (SSSR count). The molecule has 2 aliphatic heterocycles. The maximum atomic E-state index is 13.2. The first-order chi connectivity index (χ1) is 17.0. The highest BCUT2D eigenvalue weighted by Gasteiger charge is 2.46. The summed E-state index contributed by atoms with van der Waals surface area (Å²) in [6.07, 6.45) is 1.66. The molecule has 8 heteroatoms. The van der Waals surface area contributed by atoms with Crippen LogP contribution in [0.3, 0.4) is 0 Å². The molecule has 35 heavy (non-hydrogen) atoms. The SMILES string of the molecule is C=CCOc1ccc([C@H]2C(=C(O)c3ccc(OC)cc3)C(=O)C(=O)N2CCN2CCNCC2)cc1. The van der Waals surface area contributed by atoms with Gasteiger partial charge in [0.15, 0.2) is 0 Å². The van der Waals surface area contributed by atoms with Crippen LogP contribution in [0.15, 0.2) is 66.8 Å². The van der Waals surface area contributed by atoms with Crippen molar-refractivity contribution in [2.45, 2.75) is 6.04 Å². The number of aliphatic hydroxyl groups excluding tert-OH is 1. The Bertz CT molecular complexity index is 1090. The van der Waals surface area contributed by atoms with Crippen molar-refractivity contribution in [1.82, 2.24) is 15.1 Å². The Morgan fingerprint density at radius 2 is 1.71 bits per heavy atom. The Morgan fingerprint density at radius 1 is 1.06 bits per heavy atom. The Labute approximate surface area is 205 Å². The molecule has 0 radical (unpaired) electrons. The number of carbonyl (C=O) groups excluding carboxylic acids is 2. The van der Waals surface area contributed by atoms with E-state index in [-0.39, 0.29) is 11.3 Å². The third-order valence-electron chi connectivity index (χ3n) is 6.33. The number of Topliss-reactive ketones (excluding diaryl/α,β-unsaturated/α-hetero) is 1. The molecule has 2 N–H and O–H groups in total. The predicted octanol–water partition coefficient (Wildman–Crippen LogP) is 2.59. The Morgan fingerprint density at radius 3 is 2.34 bits per heavy atom. The predicted molar refractivity (Wildman–Crippen MR) is 133 cm³/mol. The number of hydrogen-bond donors (Lipinski definition) is 2. The molecular formula is C27H31N3O5. The van der Waals surface area contributed by atoms with Crippen LogP contribution in [0.1, 0.15) is 17.2 Å².